The molecule has 3 aromatic carbocycles. The van der Waals surface area contributed by atoms with Crippen LogP contribution in [0.2, 0.25) is 0 Å². The standard InChI is InChI=1S/C34H37FN4O2/c1-23(2)38-19-17-37(18-20-38)22-30-31(33(40)36-32(24-15-16-24)25-9-8-10-26(35)21-25)28-13-6-7-14-29(28)34(41)39(30)27-11-4-3-5-12-27/h3-14,21,23-24,32H,15-20,22H2,1-2H3,(H,36,40). The Morgan fingerprint density at radius 1 is 0.902 bits per heavy atom. The number of nitrogens with zero attached hydrogens (tertiary/aromatic N) is 3. The number of benzene rings is 3. The van der Waals surface area contributed by atoms with E-state index in [0.717, 1.165) is 50.3 Å². The first-order valence-corrected chi connectivity index (χ1v) is 14.7. The van der Waals surface area contributed by atoms with Crippen LogP contribution in [0.3, 0.4) is 0 Å². The minimum Gasteiger partial charge on any atom is -0.345 e. The van der Waals surface area contributed by atoms with Gasteiger partial charge in [0.15, 0.2) is 0 Å². The van der Waals surface area contributed by atoms with Gasteiger partial charge in [-0.15, -0.1) is 0 Å². The smallest absolute Gasteiger partial charge is 0.263 e. The average molecular weight is 553 g/mol. The van der Waals surface area contributed by atoms with Gasteiger partial charge in [0.05, 0.1) is 17.3 Å². The summed E-state index contributed by atoms with van der Waals surface area (Å²) in [5.41, 5.74) is 2.56. The summed E-state index contributed by atoms with van der Waals surface area (Å²) in [6, 6.07) is 23.7. The van der Waals surface area contributed by atoms with Gasteiger partial charge in [-0.1, -0.05) is 48.5 Å². The summed E-state index contributed by atoms with van der Waals surface area (Å²) in [6.45, 7) is 8.47. The molecule has 0 bridgehead atoms. The number of rotatable bonds is 8. The van der Waals surface area contributed by atoms with Crippen LogP contribution in [0.1, 0.15) is 54.3 Å². The van der Waals surface area contributed by atoms with E-state index in [1.165, 1.54) is 12.1 Å². The van der Waals surface area contributed by atoms with Gasteiger partial charge >= 0.3 is 0 Å². The fourth-order valence-electron chi connectivity index (χ4n) is 6.12. The van der Waals surface area contributed by atoms with Crippen molar-refractivity contribution < 1.29 is 9.18 Å². The number of carbonyl (C=O) groups excluding carboxylic acids is 1. The first-order chi connectivity index (χ1) is 19.9. The summed E-state index contributed by atoms with van der Waals surface area (Å²) in [6.07, 6.45) is 1.97. The van der Waals surface area contributed by atoms with Crippen LogP contribution in [0.15, 0.2) is 83.7 Å². The zero-order valence-corrected chi connectivity index (χ0v) is 23.7. The molecule has 41 heavy (non-hydrogen) atoms. The molecule has 2 fully saturated rings. The van der Waals surface area contributed by atoms with E-state index < -0.39 is 0 Å². The Morgan fingerprint density at radius 2 is 1.59 bits per heavy atom. The fraction of sp³-hybridized carbons (Fsp3) is 0.353. The van der Waals surface area contributed by atoms with E-state index >= 15 is 0 Å². The zero-order chi connectivity index (χ0) is 28.5. The molecular weight excluding hydrogens is 515 g/mol. The van der Waals surface area contributed by atoms with Crippen molar-refractivity contribution in [3.63, 3.8) is 0 Å². The second-order valence-electron chi connectivity index (χ2n) is 11.6. The van der Waals surface area contributed by atoms with Gasteiger partial charge in [0, 0.05) is 55.2 Å². The van der Waals surface area contributed by atoms with Crippen LogP contribution in [-0.4, -0.2) is 52.5 Å². The molecule has 0 radical (unpaired) electrons. The molecule has 1 amide bonds. The zero-order valence-electron chi connectivity index (χ0n) is 23.7. The van der Waals surface area contributed by atoms with Crippen molar-refractivity contribution in [3.8, 4) is 5.69 Å². The normalized spacial score (nSPS) is 17.2. The second-order valence-corrected chi connectivity index (χ2v) is 11.6. The number of carbonyl (C=O) groups is 1. The summed E-state index contributed by atoms with van der Waals surface area (Å²) < 4.78 is 15.9. The lowest BCUT2D eigenvalue weighted by Gasteiger charge is -2.37. The molecule has 2 heterocycles. The van der Waals surface area contributed by atoms with Crippen LogP contribution in [0.25, 0.3) is 16.5 Å². The van der Waals surface area contributed by atoms with Gasteiger partial charge in [0.1, 0.15) is 5.82 Å². The second kappa shape index (κ2) is 11.6. The molecule has 4 aromatic rings. The van der Waals surface area contributed by atoms with E-state index in [4.69, 9.17) is 0 Å². The third-order valence-electron chi connectivity index (χ3n) is 8.53. The lowest BCUT2D eigenvalue weighted by atomic mass is 9.98. The Hall–Kier alpha value is -3.81. The molecule has 0 spiro atoms. The number of para-hydroxylation sites is 1. The molecule has 6 nitrogen and oxygen atoms in total. The van der Waals surface area contributed by atoms with Crippen LogP contribution in [0.5, 0.6) is 0 Å². The van der Waals surface area contributed by atoms with E-state index in [2.05, 4.69) is 29.0 Å². The SMILES string of the molecule is CC(C)N1CCN(Cc2c(C(=O)NC(c3cccc(F)c3)C3CC3)c3ccccc3c(=O)n2-c2ccccc2)CC1. The molecular formula is C34H37FN4O2. The highest BCUT2D eigenvalue weighted by molar-refractivity contribution is 6.08. The maximum absolute atomic E-state index is 14.4. The van der Waals surface area contributed by atoms with E-state index in [1.54, 1.807) is 16.7 Å². The van der Waals surface area contributed by atoms with E-state index in [-0.39, 0.29) is 29.2 Å². The number of halogens is 1. The molecule has 7 heteroatoms. The first-order valence-electron chi connectivity index (χ1n) is 14.7. The van der Waals surface area contributed by atoms with Gasteiger partial charge in [-0.3, -0.25) is 24.0 Å². The third kappa shape index (κ3) is 5.69. The van der Waals surface area contributed by atoms with Crippen molar-refractivity contribution in [3.05, 3.63) is 112 Å². The predicted octanol–water partition coefficient (Wildman–Crippen LogP) is 5.54. The molecule has 1 unspecified atom stereocenters. The molecule has 1 saturated carbocycles. The minimum atomic E-state index is -0.313. The van der Waals surface area contributed by atoms with Gasteiger partial charge < -0.3 is 5.32 Å². The molecule has 2 aliphatic rings. The third-order valence-corrected chi connectivity index (χ3v) is 8.53. The van der Waals surface area contributed by atoms with Crippen molar-refractivity contribution in [2.75, 3.05) is 26.2 Å². The Kier molecular flexibility index (Phi) is 7.73. The summed E-state index contributed by atoms with van der Waals surface area (Å²) in [5, 5.41) is 4.43. The highest BCUT2D eigenvalue weighted by Crippen LogP contribution is 2.41. The maximum Gasteiger partial charge on any atom is 0.263 e. The Balaban J connectivity index is 1.48. The Morgan fingerprint density at radius 3 is 2.24 bits per heavy atom. The van der Waals surface area contributed by atoms with Gasteiger partial charge in [-0.2, -0.15) is 0 Å². The highest BCUT2D eigenvalue weighted by Gasteiger charge is 2.35. The van der Waals surface area contributed by atoms with E-state index in [1.807, 2.05) is 54.6 Å². The van der Waals surface area contributed by atoms with Crippen molar-refractivity contribution in [2.24, 2.45) is 5.92 Å². The predicted molar refractivity (Wildman–Crippen MR) is 161 cm³/mol. The van der Waals surface area contributed by atoms with Crippen molar-refractivity contribution in [2.45, 2.75) is 45.3 Å². The maximum atomic E-state index is 14.4. The van der Waals surface area contributed by atoms with Crippen LogP contribution in [0.4, 0.5) is 4.39 Å². The largest absolute Gasteiger partial charge is 0.345 e. The number of aromatic nitrogens is 1. The Bertz CT molecular complexity index is 1600. The Labute approximate surface area is 240 Å². The summed E-state index contributed by atoms with van der Waals surface area (Å²) in [5.74, 6) is -0.283. The lowest BCUT2D eigenvalue weighted by Crippen LogP contribution is -2.49. The van der Waals surface area contributed by atoms with E-state index in [9.17, 15) is 14.0 Å². The quantitative estimate of drug-likeness (QED) is 0.312. The van der Waals surface area contributed by atoms with Gasteiger partial charge in [0.2, 0.25) is 0 Å². The topological polar surface area (TPSA) is 57.6 Å². The van der Waals surface area contributed by atoms with Crippen molar-refractivity contribution in [1.29, 1.82) is 0 Å². The molecule has 1 aliphatic carbocycles. The number of hydrogen-bond acceptors (Lipinski definition) is 4. The summed E-state index contributed by atoms with van der Waals surface area (Å²) >= 11 is 0. The van der Waals surface area contributed by atoms with Crippen LogP contribution in [0, 0.1) is 11.7 Å². The van der Waals surface area contributed by atoms with Crippen LogP contribution < -0.4 is 10.9 Å². The number of nitrogens with one attached hydrogen (secondary N) is 1. The molecule has 1 N–H and O–H groups in total. The fourth-order valence-corrected chi connectivity index (χ4v) is 6.12. The van der Waals surface area contributed by atoms with E-state index in [0.29, 0.717) is 34.6 Å². The number of amides is 1. The number of pyridine rings is 1. The molecule has 1 atom stereocenters. The number of fused-ring (bicyclic) bond motifs is 1. The summed E-state index contributed by atoms with van der Waals surface area (Å²) in [7, 11) is 0. The van der Waals surface area contributed by atoms with Crippen LogP contribution >= 0.6 is 0 Å². The molecule has 6 rings (SSSR count). The monoisotopic (exact) mass is 552 g/mol. The lowest BCUT2D eigenvalue weighted by molar-refractivity contribution is 0.0920. The van der Waals surface area contributed by atoms with Gasteiger partial charge in [0.25, 0.3) is 11.5 Å². The van der Waals surface area contributed by atoms with Crippen molar-refractivity contribution in [1.82, 2.24) is 19.7 Å². The number of piperazine rings is 1. The van der Waals surface area contributed by atoms with Gasteiger partial charge in [-0.25, -0.2) is 4.39 Å². The molecule has 1 aliphatic heterocycles. The first kappa shape index (κ1) is 27.4. The van der Waals surface area contributed by atoms with Gasteiger partial charge in [-0.05, 0) is 68.5 Å². The highest BCUT2D eigenvalue weighted by atomic mass is 19.1. The average Bonchev–Trinajstić information content (AvgIpc) is 3.82. The summed E-state index contributed by atoms with van der Waals surface area (Å²) in [4.78, 5) is 33.3. The van der Waals surface area contributed by atoms with Crippen LogP contribution in [-0.2, 0) is 6.54 Å². The molecule has 1 saturated heterocycles. The number of hydrogen-bond donors (Lipinski definition) is 1. The van der Waals surface area contributed by atoms with Crippen molar-refractivity contribution >= 4 is 16.7 Å². The molecule has 212 valence electrons. The minimum absolute atomic E-state index is 0.136. The molecule has 1 aromatic heterocycles.